The third kappa shape index (κ3) is 4.01. The maximum Gasteiger partial charge on any atom is 0.270 e. The summed E-state index contributed by atoms with van der Waals surface area (Å²) >= 11 is 0. The molecule has 3 N–H and O–H groups in total. The molecule has 1 amide bonds. The van der Waals surface area contributed by atoms with Crippen molar-refractivity contribution in [3.05, 3.63) is 34.2 Å². The monoisotopic (exact) mass is 239 g/mol. The lowest BCUT2D eigenvalue weighted by molar-refractivity contribution is 0.0758. The molecule has 0 aliphatic carbocycles. The van der Waals surface area contributed by atoms with Crippen molar-refractivity contribution in [2.45, 2.75) is 6.04 Å². The van der Waals surface area contributed by atoms with Gasteiger partial charge in [-0.1, -0.05) is 6.07 Å². The Labute approximate surface area is 99.4 Å². The van der Waals surface area contributed by atoms with Crippen molar-refractivity contribution in [3.8, 4) is 0 Å². The molecule has 0 aliphatic rings. The predicted octanol–water partition coefficient (Wildman–Crippen LogP) is -0.579. The van der Waals surface area contributed by atoms with Crippen LogP contribution >= 0.6 is 0 Å². The molecule has 0 spiro atoms. The van der Waals surface area contributed by atoms with Crippen molar-refractivity contribution in [2.75, 3.05) is 27.3 Å². The Morgan fingerprint density at radius 3 is 2.88 bits per heavy atom. The van der Waals surface area contributed by atoms with Crippen molar-refractivity contribution in [3.63, 3.8) is 0 Å². The molecule has 1 unspecified atom stereocenters. The molecule has 1 atom stereocenters. The fraction of sp³-hybridized carbons (Fsp3) is 0.455. The minimum absolute atomic E-state index is 0.246. The summed E-state index contributed by atoms with van der Waals surface area (Å²) in [5.41, 5.74) is 5.69. The molecule has 1 rings (SSSR count). The Morgan fingerprint density at radius 2 is 2.29 bits per heavy atom. The Kier molecular flexibility index (Phi) is 4.86. The minimum Gasteiger partial charge on any atom is -0.383 e. The van der Waals surface area contributed by atoms with Gasteiger partial charge in [-0.25, -0.2) is 0 Å². The van der Waals surface area contributed by atoms with Gasteiger partial charge in [-0.3, -0.25) is 9.59 Å². The van der Waals surface area contributed by atoms with Crippen molar-refractivity contribution in [2.24, 2.45) is 5.73 Å². The highest BCUT2D eigenvalue weighted by molar-refractivity contribution is 5.92. The highest BCUT2D eigenvalue weighted by atomic mass is 16.5. The second-order valence-corrected chi connectivity index (χ2v) is 3.83. The number of nitrogens with two attached hydrogens (primary N) is 1. The summed E-state index contributed by atoms with van der Waals surface area (Å²) < 4.78 is 4.89. The van der Waals surface area contributed by atoms with E-state index in [-0.39, 0.29) is 23.2 Å². The maximum absolute atomic E-state index is 11.9. The van der Waals surface area contributed by atoms with E-state index in [1.54, 1.807) is 20.2 Å². The number of carbonyl (C=O) groups is 1. The molecule has 0 fully saturated rings. The van der Waals surface area contributed by atoms with Gasteiger partial charge in [0.2, 0.25) is 5.56 Å². The van der Waals surface area contributed by atoms with E-state index < -0.39 is 0 Å². The summed E-state index contributed by atoms with van der Waals surface area (Å²) in [5.74, 6) is -0.269. The number of carbonyl (C=O) groups excluding carboxylic acids is 1. The van der Waals surface area contributed by atoms with E-state index in [9.17, 15) is 9.59 Å². The number of nitrogens with zero attached hydrogens (tertiary/aromatic N) is 1. The van der Waals surface area contributed by atoms with Crippen LogP contribution in [0.3, 0.4) is 0 Å². The Morgan fingerprint density at radius 1 is 1.59 bits per heavy atom. The number of aromatic amines is 1. The maximum atomic E-state index is 11.9. The molecular formula is C11H17N3O3. The molecule has 0 aromatic carbocycles. The number of amides is 1. The lowest BCUT2D eigenvalue weighted by atomic mass is 10.2. The first kappa shape index (κ1) is 13.4. The number of rotatable bonds is 5. The number of hydrogen-bond donors (Lipinski definition) is 2. The van der Waals surface area contributed by atoms with Gasteiger partial charge in [-0.05, 0) is 6.07 Å². The highest BCUT2D eigenvalue weighted by Crippen LogP contribution is 1.98. The van der Waals surface area contributed by atoms with Crippen LogP contribution in [0, 0.1) is 0 Å². The third-order valence-electron chi connectivity index (χ3n) is 2.23. The van der Waals surface area contributed by atoms with Gasteiger partial charge in [0.05, 0.1) is 6.61 Å². The van der Waals surface area contributed by atoms with Gasteiger partial charge < -0.3 is 20.4 Å². The average molecular weight is 239 g/mol. The minimum atomic E-state index is -0.301. The van der Waals surface area contributed by atoms with Crippen LogP contribution in [0.25, 0.3) is 0 Å². The van der Waals surface area contributed by atoms with E-state index in [4.69, 9.17) is 10.5 Å². The lowest BCUT2D eigenvalue weighted by Gasteiger charge is -2.20. The zero-order valence-electron chi connectivity index (χ0n) is 9.97. The molecule has 0 bridgehead atoms. The average Bonchev–Trinajstić information content (AvgIpc) is 2.28. The molecule has 1 heterocycles. The van der Waals surface area contributed by atoms with Crippen molar-refractivity contribution in [1.29, 1.82) is 0 Å². The standard InChI is InChI=1S/C11H17N3O3/c1-14(6-8(12)7-17-2)11(16)9-4-3-5-10(15)13-9/h3-5,8H,6-7,12H2,1-2H3,(H,13,15). The molecule has 94 valence electrons. The summed E-state index contributed by atoms with van der Waals surface area (Å²) in [5, 5.41) is 0. The molecule has 0 aliphatic heterocycles. The molecule has 6 heteroatoms. The zero-order valence-corrected chi connectivity index (χ0v) is 9.97. The lowest BCUT2D eigenvalue weighted by Crippen LogP contribution is -2.41. The molecule has 6 nitrogen and oxygen atoms in total. The SMILES string of the molecule is COCC(N)CN(C)C(=O)c1cccc(=O)[nH]1. The van der Waals surface area contributed by atoms with E-state index in [0.717, 1.165) is 0 Å². The second kappa shape index (κ2) is 6.17. The van der Waals surface area contributed by atoms with E-state index in [1.165, 1.54) is 17.0 Å². The Hall–Kier alpha value is -1.66. The molecule has 0 saturated heterocycles. The molecule has 1 aromatic heterocycles. The van der Waals surface area contributed by atoms with Crippen LogP contribution in [0.4, 0.5) is 0 Å². The van der Waals surface area contributed by atoms with Gasteiger partial charge >= 0.3 is 0 Å². The molecule has 1 aromatic rings. The fourth-order valence-electron chi connectivity index (χ4n) is 1.48. The van der Waals surface area contributed by atoms with Gasteiger partial charge in [0.25, 0.3) is 5.91 Å². The van der Waals surface area contributed by atoms with Crippen LogP contribution < -0.4 is 11.3 Å². The molecule has 0 saturated carbocycles. The fourth-order valence-corrected chi connectivity index (χ4v) is 1.48. The normalized spacial score (nSPS) is 12.2. The van der Waals surface area contributed by atoms with Crippen LogP contribution in [0.2, 0.25) is 0 Å². The first-order valence-electron chi connectivity index (χ1n) is 5.24. The van der Waals surface area contributed by atoms with Gasteiger partial charge in [0, 0.05) is 32.8 Å². The number of likely N-dealkylation sites (N-methyl/N-ethyl adjacent to an activating group) is 1. The van der Waals surface area contributed by atoms with Crippen LogP contribution in [0.1, 0.15) is 10.5 Å². The first-order chi connectivity index (χ1) is 8.04. The van der Waals surface area contributed by atoms with Gasteiger partial charge in [-0.15, -0.1) is 0 Å². The molecule has 17 heavy (non-hydrogen) atoms. The highest BCUT2D eigenvalue weighted by Gasteiger charge is 2.15. The first-order valence-corrected chi connectivity index (χ1v) is 5.24. The van der Waals surface area contributed by atoms with Crippen molar-refractivity contribution >= 4 is 5.91 Å². The summed E-state index contributed by atoms with van der Waals surface area (Å²) in [7, 11) is 3.18. The van der Waals surface area contributed by atoms with Crippen LogP contribution in [-0.4, -0.2) is 49.1 Å². The molecule has 0 radical (unpaired) electrons. The smallest absolute Gasteiger partial charge is 0.270 e. The van der Waals surface area contributed by atoms with Crippen LogP contribution in [-0.2, 0) is 4.74 Å². The van der Waals surface area contributed by atoms with Crippen molar-refractivity contribution < 1.29 is 9.53 Å². The van der Waals surface area contributed by atoms with E-state index in [2.05, 4.69) is 4.98 Å². The number of nitrogens with one attached hydrogen (secondary N) is 1. The number of H-pyrrole nitrogens is 1. The summed E-state index contributed by atoms with van der Waals surface area (Å²) in [4.78, 5) is 26.9. The summed E-state index contributed by atoms with van der Waals surface area (Å²) in [6.45, 7) is 0.743. The largest absolute Gasteiger partial charge is 0.383 e. The van der Waals surface area contributed by atoms with Gasteiger partial charge in [0.15, 0.2) is 0 Å². The van der Waals surface area contributed by atoms with Crippen LogP contribution in [0.15, 0.2) is 23.0 Å². The number of hydrogen-bond acceptors (Lipinski definition) is 4. The zero-order chi connectivity index (χ0) is 12.8. The topological polar surface area (TPSA) is 88.4 Å². The number of ether oxygens (including phenoxy) is 1. The number of methoxy groups -OCH3 is 1. The van der Waals surface area contributed by atoms with E-state index in [1.807, 2.05) is 0 Å². The quantitative estimate of drug-likeness (QED) is 0.719. The molecular weight excluding hydrogens is 222 g/mol. The summed E-state index contributed by atoms with van der Waals surface area (Å²) in [6.07, 6.45) is 0. The Bertz CT molecular complexity index is 430. The van der Waals surface area contributed by atoms with Gasteiger partial charge in [-0.2, -0.15) is 0 Å². The van der Waals surface area contributed by atoms with E-state index >= 15 is 0 Å². The van der Waals surface area contributed by atoms with Gasteiger partial charge in [0.1, 0.15) is 5.69 Å². The van der Waals surface area contributed by atoms with Crippen molar-refractivity contribution in [1.82, 2.24) is 9.88 Å². The van der Waals surface area contributed by atoms with Crippen LogP contribution in [0.5, 0.6) is 0 Å². The number of pyridine rings is 1. The number of aromatic nitrogens is 1. The predicted molar refractivity (Wildman–Crippen MR) is 63.9 cm³/mol. The third-order valence-corrected chi connectivity index (χ3v) is 2.23. The van der Waals surface area contributed by atoms with E-state index in [0.29, 0.717) is 13.2 Å². The summed E-state index contributed by atoms with van der Waals surface area (Å²) in [6, 6.07) is 4.20. The Balaban J connectivity index is 2.67. The second-order valence-electron chi connectivity index (χ2n) is 3.83.